The minimum absolute atomic E-state index is 0.119. The van der Waals surface area contributed by atoms with Crippen molar-refractivity contribution in [3.63, 3.8) is 0 Å². The maximum Gasteiger partial charge on any atom is 0.225 e. The lowest BCUT2D eigenvalue weighted by Gasteiger charge is -2.10. The molecule has 2 rings (SSSR count). The molecule has 0 unspecified atom stereocenters. The van der Waals surface area contributed by atoms with Crippen LogP contribution in [-0.2, 0) is 25.8 Å². The van der Waals surface area contributed by atoms with Gasteiger partial charge >= 0.3 is 0 Å². The smallest absolute Gasteiger partial charge is 0.225 e. The van der Waals surface area contributed by atoms with E-state index in [1.165, 1.54) is 31.2 Å². The average Bonchev–Trinajstić information content (AvgIpc) is 2.62. The van der Waals surface area contributed by atoms with Gasteiger partial charge in [0.25, 0.3) is 0 Å². The van der Waals surface area contributed by atoms with Crippen LogP contribution in [0, 0.1) is 6.92 Å². The fourth-order valence-corrected chi connectivity index (χ4v) is 3.77. The van der Waals surface area contributed by atoms with Crippen LogP contribution in [0.1, 0.15) is 31.4 Å². The maximum absolute atomic E-state index is 12.4. The van der Waals surface area contributed by atoms with Gasteiger partial charge in [-0.2, -0.15) is 0 Å². The fraction of sp³-hybridized carbons (Fsp3) is 0.300. The van der Waals surface area contributed by atoms with Gasteiger partial charge in [-0.15, -0.1) is 0 Å². The third-order valence-corrected chi connectivity index (χ3v) is 5.85. The van der Waals surface area contributed by atoms with Crippen LogP contribution in [0.15, 0.2) is 47.4 Å². The summed E-state index contributed by atoms with van der Waals surface area (Å²) in [6.45, 7) is 5.30. The molecule has 0 aliphatic rings. The third-order valence-electron chi connectivity index (χ3n) is 4.12. The Morgan fingerprint density at radius 3 is 2.26 bits per heavy atom. The fourth-order valence-electron chi connectivity index (χ4n) is 2.53. The van der Waals surface area contributed by atoms with E-state index in [1.807, 2.05) is 32.0 Å². The Morgan fingerprint density at radius 1 is 1.00 bits per heavy atom. The number of hydrogen-bond acceptors (Lipinski definition) is 4. The molecule has 2 N–H and O–H groups in total. The van der Waals surface area contributed by atoms with E-state index < -0.39 is 9.84 Å². The number of carbonyl (C=O) groups is 2. The predicted molar refractivity (Wildman–Crippen MR) is 107 cm³/mol. The number of sulfone groups is 1. The van der Waals surface area contributed by atoms with Crippen LogP contribution in [0.2, 0.25) is 0 Å². The van der Waals surface area contributed by atoms with Gasteiger partial charge in [0.05, 0.1) is 10.6 Å². The number of amides is 2. The van der Waals surface area contributed by atoms with Crippen molar-refractivity contribution >= 4 is 33.0 Å². The van der Waals surface area contributed by atoms with E-state index in [0.717, 1.165) is 17.5 Å². The zero-order chi connectivity index (χ0) is 20.0. The molecule has 144 valence electrons. The summed E-state index contributed by atoms with van der Waals surface area (Å²) in [4.78, 5) is 23.3. The minimum atomic E-state index is -3.59. The quantitative estimate of drug-likeness (QED) is 0.761. The summed E-state index contributed by atoms with van der Waals surface area (Å²) in [5.41, 5.74) is 3.25. The average molecular weight is 388 g/mol. The summed E-state index contributed by atoms with van der Waals surface area (Å²) in [6.07, 6.45) is 0.720. The second kappa shape index (κ2) is 8.81. The molecule has 6 nitrogen and oxygen atoms in total. The van der Waals surface area contributed by atoms with E-state index >= 15 is 0 Å². The van der Waals surface area contributed by atoms with Gasteiger partial charge in [-0.1, -0.05) is 19.1 Å². The van der Waals surface area contributed by atoms with E-state index in [9.17, 15) is 18.0 Å². The van der Waals surface area contributed by atoms with E-state index in [1.54, 1.807) is 0 Å². The van der Waals surface area contributed by atoms with E-state index in [-0.39, 0.29) is 28.9 Å². The predicted octanol–water partition coefficient (Wildman–Crippen LogP) is 3.32. The standard InChI is InChI=1S/C20H24N2O4S/c1-4-16-6-5-14(2)19(13-16)22-20(24)11-12-27(25,26)18-9-7-17(8-10-18)21-15(3)23/h5-10,13H,4,11-12H2,1-3H3,(H,21,23)(H,22,24). The van der Waals surface area contributed by atoms with Crippen LogP contribution >= 0.6 is 0 Å². The normalized spacial score (nSPS) is 11.1. The first-order valence-corrected chi connectivity index (χ1v) is 10.4. The van der Waals surface area contributed by atoms with Crippen molar-refractivity contribution in [2.75, 3.05) is 16.4 Å². The number of carbonyl (C=O) groups excluding carboxylic acids is 2. The van der Waals surface area contributed by atoms with Gasteiger partial charge in [0, 0.05) is 24.7 Å². The molecule has 0 spiro atoms. The first-order valence-electron chi connectivity index (χ1n) is 8.71. The Labute approximate surface area is 159 Å². The molecule has 0 bridgehead atoms. The Kier molecular flexibility index (Phi) is 6.74. The van der Waals surface area contributed by atoms with Crippen LogP contribution in [0.4, 0.5) is 11.4 Å². The molecule has 0 radical (unpaired) electrons. The summed E-state index contributed by atoms with van der Waals surface area (Å²) in [5.74, 6) is -0.861. The van der Waals surface area contributed by atoms with Crippen molar-refractivity contribution in [3.05, 3.63) is 53.6 Å². The van der Waals surface area contributed by atoms with Crippen LogP contribution in [0.5, 0.6) is 0 Å². The van der Waals surface area contributed by atoms with E-state index in [0.29, 0.717) is 11.4 Å². The van der Waals surface area contributed by atoms with Crippen LogP contribution in [0.25, 0.3) is 0 Å². The monoisotopic (exact) mass is 388 g/mol. The van der Waals surface area contributed by atoms with Crippen LogP contribution in [-0.4, -0.2) is 26.0 Å². The highest BCUT2D eigenvalue weighted by Gasteiger charge is 2.17. The van der Waals surface area contributed by atoms with Gasteiger partial charge in [0.1, 0.15) is 0 Å². The minimum Gasteiger partial charge on any atom is -0.326 e. The Balaban J connectivity index is 2.00. The molecule has 0 atom stereocenters. The third kappa shape index (κ3) is 5.92. The summed E-state index contributed by atoms with van der Waals surface area (Å²) in [7, 11) is -3.59. The summed E-state index contributed by atoms with van der Waals surface area (Å²) in [6, 6.07) is 11.7. The molecule has 0 saturated carbocycles. The second-order valence-corrected chi connectivity index (χ2v) is 8.43. The van der Waals surface area contributed by atoms with Gasteiger partial charge in [0.15, 0.2) is 9.84 Å². The van der Waals surface area contributed by atoms with Gasteiger partial charge in [-0.25, -0.2) is 8.42 Å². The first kappa shape index (κ1) is 20.6. The zero-order valence-corrected chi connectivity index (χ0v) is 16.5. The molecule has 27 heavy (non-hydrogen) atoms. The molecule has 0 fully saturated rings. The highest BCUT2D eigenvalue weighted by molar-refractivity contribution is 7.91. The van der Waals surface area contributed by atoms with Crippen molar-refractivity contribution in [1.29, 1.82) is 0 Å². The summed E-state index contributed by atoms with van der Waals surface area (Å²) in [5, 5.41) is 5.37. The number of benzene rings is 2. The number of hydrogen-bond donors (Lipinski definition) is 2. The number of rotatable bonds is 7. The molecule has 0 aliphatic heterocycles. The Hall–Kier alpha value is -2.67. The molecule has 2 amide bonds. The molecule has 7 heteroatoms. The van der Waals surface area contributed by atoms with Crippen molar-refractivity contribution in [1.82, 2.24) is 0 Å². The lowest BCUT2D eigenvalue weighted by molar-refractivity contribution is -0.116. The lowest BCUT2D eigenvalue weighted by Crippen LogP contribution is -2.18. The largest absolute Gasteiger partial charge is 0.326 e. The highest BCUT2D eigenvalue weighted by Crippen LogP contribution is 2.19. The summed E-state index contributed by atoms with van der Waals surface area (Å²) < 4.78 is 24.8. The molecule has 0 saturated heterocycles. The first-order chi connectivity index (χ1) is 12.7. The van der Waals surface area contributed by atoms with Crippen molar-refractivity contribution < 1.29 is 18.0 Å². The van der Waals surface area contributed by atoms with E-state index in [4.69, 9.17) is 0 Å². The number of aryl methyl sites for hydroxylation is 2. The van der Waals surface area contributed by atoms with Crippen LogP contribution < -0.4 is 10.6 Å². The SMILES string of the molecule is CCc1ccc(C)c(NC(=O)CCS(=O)(=O)c2ccc(NC(C)=O)cc2)c1. The molecule has 2 aromatic rings. The molecular weight excluding hydrogens is 364 g/mol. The van der Waals surface area contributed by atoms with Gasteiger partial charge in [-0.3, -0.25) is 9.59 Å². The topological polar surface area (TPSA) is 92.3 Å². The highest BCUT2D eigenvalue weighted by atomic mass is 32.2. The molecule has 0 aromatic heterocycles. The van der Waals surface area contributed by atoms with Gasteiger partial charge < -0.3 is 10.6 Å². The molecule has 0 heterocycles. The van der Waals surface area contributed by atoms with Crippen LogP contribution in [0.3, 0.4) is 0 Å². The second-order valence-electron chi connectivity index (χ2n) is 6.33. The summed E-state index contributed by atoms with van der Waals surface area (Å²) >= 11 is 0. The van der Waals surface area contributed by atoms with E-state index in [2.05, 4.69) is 10.6 Å². The van der Waals surface area contributed by atoms with Crippen molar-refractivity contribution in [2.45, 2.75) is 38.5 Å². The lowest BCUT2D eigenvalue weighted by atomic mass is 10.1. The molecule has 2 aromatic carbocycles. The van der Waals surface area contributed by atoms with Gasteiger partial charge in [0.2, 0.25) is 11.8 Å². The zero-order valence-electron chi connectivity index (χ0n) is 15.7. The van der Waals surface area contributed by atoms with Gasteiger partial charge in [-0.05, 0) is 54.8 Å². The number of anilines is 2. The number of nitrogens with one attached hydrogen (secondary N) is 2. The molecular formula is C20H24N2O4S. The Bertz CT molecular complexity index is 935. The Morgan fingerprint density at radius 2 is 1.67 bits per heavy atom. The maximum atomic E-state index is 12.4. The van der Waals surface area contributed by atoms with Crippen molar-refractivity contribution in [3.8, 4) is 0 Å². The molecule has 0 aliphatic carbocycles. The van der Waals surface area contributed by atoms with Crippen molar-refractivity contribution in [2.24, 2.45) is 0 Å².